The normalized spacial score (nSPS) is 24.8. The first-order valence-electron chi connectivity index (χ1n) is 6.59. The molecule has 2 unspecified atom stereocenters. The summed E-state index contributed by atoms with van der Waals surface area (Å²) in [7, 11) is 0. The summed E-state index contributed by atoms with van der Waals surface area (Å²) < 4.78 is 0. The van der Waals surface area contributed by atoms with Crippen molar-refractivity contribution in [2.24, 2.45) is 11.7 Å². The Balaban J connectivity index is 1.89. The predicted octanol–water partition coefficient (Wildman–Crippen LogP) is 3.25. The lowest BCUT2D eigenvalue weighted by Crippen LogP contribution is -2.15. The van der Waals surface area contributed by atoms with Crippen molar-refractivity contribution in [2.45, 2.75) is 49.3 Å². The molecular weight excluding hydrogens is 228 g/mol. The summed E-state index contributed by atoms with van der Waals surface area (Å²) in [6, 6.07) is 4.31. The summed E-state index contributed by atoms with van der Waals surface area (Å²) in [4.78, 5) is 4.52. The van der Waals surface area contributed by atoms with Crippen molar-refractivity contribution in [1.29, 1.82) is 0 Å². The van der Waals surface area contributed by atoms with Crippen LogP contribution in [0.3, 0.4) is 0 Å². The SMILES string of the molecule is CC1CCCC(Sc2ccc(CCN)cn2)C1. The van der Waals surface area contributed by atoms with Gasteiger partial charge in [-0.2, -0.15) is 0 Å². The fourth-order valence-electron chi connectivity index (χ4n) is 2.45. The minimum absolute atomic E-state index is 0.703. The Morgan fingerprint density at radius 1 is 1.41 bits per heavy atom. The van der Waals surface area contributed by atoms with Gasteiger partial charge in [0.2, 0.25) is 0 Å². The molecule has 1 saturated carbocycles. The van der Waals surface area contributed by atoms with Crippen LogP contribution >= 0.6 is 11.8 Å². The van der Waals surface area contributed by atoms with Crippen LogP contribution in [0.1, 0.15) is 38.2 Å². The molecule has 0 bridgehead atoms. The van der Waals surface area contributed by atoms with E-state index in [0.29, 0.717) is 6.54 Å². The molecule has 94 valence electrons. The van der Waals surface area contributed by atoms with Crippen molar-refractivity contribution >= 4 is 11.8 Å². The van der Waals surface area contributed by atoms with Gasteiger partial charge in [-0.15, -0.1) is 11.8 Å². The zero-order chi connectivity index (χ0) is 12.1. The van der Waals surface area contributed by atoms with Crippen LogP contribution in [0.5, 0.6) is 0 Å². The number of nitrogens with two attached hydrogens (primary N) is 1. The van der Waals surface area contributed by atoms with E-state index in [4.69, 9.17) is 5.73 Å². The molecule has 0 amide bonds. The van der Waals surface area contributed by atoms with E-state index < -0.39 is 0 Å². The van der Waals surface area contributed by atoms with E-state index in [1.165, 1.54) is 36.3 Å². The summed E-state index contributed by atoms with van der Waals surface area (Å²) in [5.74, 6) is 0.887. The molecule has 1 fully saturated rings. The molecule has 1 aliphatic rings. The monoisotopic (exact) mass is 250 g/mol. The van der Waals surface area contributed by atoms with Gasteiger partial charge in [-0.25, -0.2) is 4.98 Å². The van der Waals surface area contributed by atoms with Gasteiger partial charge in [-0.1, -0.05) is 25.8 Å². The molecule has 2 N–H and O–H groups in total. The highest BCUT2D eigenvalue weighted by Gasteiger charge is 2.19. The standard InChI is InChI=1S/C14H22N2S/c1-11-3-2-4-13(9-11)17-14-6-5-12(7-8-15)10-16-14/h5-6,10-11,13H,2-4,7-9,15H2,1H3. The molecular formula is C14H22N2S. The van der Waals surface area contributed by atoms with E-state index in [-0.39, 0.29) is 0 Å². The van der Waals surface area contributed by atoms with Crippen molar-refractivity contribution in [1.82, 2.24) is 4.98 Å². The number of nitrogens with zero attached hydrogens (tertiary/aromatic N) is 1. The Labute approximate surface area is 108 Å². The molecule has 0 saturated heterocycles. The van der Waals surface area contributed by atoms with E-state index in [1.807, 2.05) is 18.0 Å². The number of pyridine rings is 1. The van der Waals surface area contributed by atoms with Crippen LogP contribution in [0.15, 0.2) is 23.4 Å². The van der Waals surface area contributed by atoms with Crippen LogP contribution in [0, 0.1) is 5.92 Å². The number of thioether (sulfide) groups is 1. The van der Waals surface area contributed by atoms with E-state index in [0.717, 1.165) is 17.6 Å². The Morgan fingerprint density at radius 3 is 2.94 bits per heavy atom. The first kappa shape index (κ1) is 12.9. The summed E-state index contributed by atoms with van der Waals surface area (Å²) >= 11 is 1.95. The lowest BCUT2D eigenvalue weighted by Gasteiger charge is -2.25. The van der Waals surface area contributed by atoms with E-state index >= 15 is 0 Å². The quantitative estimate of drug-likeness (QED) is 0.891. The molecule has 1 heterocycles. The van der Waals surface area contributed by atoms with Gasteiger partial charge < -0.3 is 5.73 Å². The second-order valence-corrected chi connectivity index (χ2v) is 6.38. The minimum atomic E-state index is 0.703. The molecule has 17 heavy (non-hydrogen) atoms. The Hall–Kier alpha value is -0.540. The van der Waals surface area contributed by atoms with Crippen LogP contribution in [0.4, 0.5) is 0 Å². The lowest BCUT2D eigenvalue weighted by molar-refractivity contribution is 0.394. The van der Waals surface area contributed by atoms with Crippen LogP contribution in [-0.2, 0) is 6.42 Å². The van der Waals surface area contributed by atoms with Gasteiger partial charge >= 0.3 is 0 Å². The maximum absolute atomic E-state index is 5.53. The number of hydrogen-bond acceptors (Lipinski definition) is 3. The second kappa shape index (κ2) is 6.41. The lowest BCUT2D eigenvalue weighted by atomic mass is 9.91. The maximum Gasteiger partial charge on any atom is 0.0962 e. The van der Waals surface area contributed by atoms with Crippen molar-refractivity contribution in [2.75, 3.05) is 6.54 Å². The Bertz CT molecular complexity index is 337. The molecule has 1 aliphatic carbocycles. The number of aromatic nitrogens is 1. The molecule has 3 heteroatoms. The average molecular weight is 250 g/mol. The van der Waals surface area contributed by atoms with Crippen molar-refractivity contribution in [3.8, 4) is 0 Å². The van der Waals surface area contributed by atoms with Crippen LogP contribution in [-0.4, -0.2) is 16.8 Å². The first-order valence-corrected chi connectivity index (χ1v) is 7.47. The first-order chi connectivity index (χ1) is 8.28. The Morgan fingerprint density at radius 2 is 2.29 bits per heavy atom. The third-order valence-electron chi connectivity index (χ3n) is 3.41. The molecule has 2 rings (SSSR count). The topological polar surface area (TPSA) is 38.9 Å². The fourth-order valence-corrected chi connectivity index (χ4v) is 3.76. The van der Waals surface area contributed by atoms with Gasteiger partial charge in [-0.05, 0) is 43.4 Å². The van der Waals surface area contributed by atoms with E-state index in [1.54, 1.807) is 0 Å². The molecule has 1 aromatic heterocycles. The van der Waals surface area contributed by atoms with Crippen LogP contribution in [0.25, 0.3) is 0 Å². The zero-order valence-electron chi connectivity index (χ0n) is 10.6. The third-order valence-corrected chi connectivity index (χ3v) is 4.65. The molecule has 2 nitrogen and oxygen atoms in total. The van der Waals surface area contributed by atoms with Crippen LogP contribution in [0.2, 0.25) is 0 Å². The molecule has 1 aromatic rings. The maximum atomic E-state index is 5.53. The summed E-state index contributed by atoms with van der Waals surface area (Å²) in [5, 5.41) is 1.94. The third kappa shape index (κ3) is 4.00. The molecule has 0 aromatic carbocycles. The van der Waals surface area contributed by atoms with E-state index in [9.17, 15) is 0 Å². The Kier molecular flexibility index (Phi) is 4.86. The summed E-state index contributed by atoms with van der Waals surface area (Å²) in [6.45, 7) is 3.07. The zero-order valence-corrected chi connectivity index (χ0v) is 11.4. The smallest absolute Gasteiger partial charge is 0.0962 e. The fraction of sp³-hybridized carbons (Fsp3) is 0.643. The molecule has 0 spiro atoms. The molecule has 0 aliphatic heterocycles. The van der Waals surface area contributed by atoms with Crippen molar-refractivity contribution in [3.63, 3.8) is 0 Å². The second-order valence-electron chi connectivity index (χ2n) is 5.05. The van der Waals surface area contributed by atoms with Crippen LogP contribution < -0.4 is 5.73 Å². The minimum Gasteiger partial charge on any atom is -0.330 e. The predicted molar refractivity (Wildman–Crippen MR) is 74.3 cm³/mol. The average Bonchev–Trinajstić information content (AvgIpc) is 2.32. The van der Waals surface area contributed by atoms with Gasteiger partial charge in [0.25, 0.3) is 0 Å². The van der Waals surface area contributed by atoms with Gasteiger partial charge in [0, 0.05) is 11.4 Å². The van der Waals surface area contributed by atoms with Crippen molar-refractivity contribution in [3.05, 3.63) is 23.9 Å². The van der Waals surface area contributed by atoms with Crippen molar-refractivity contribution < 1.29 is 0 Å². The van der Waals surface area contributed by atoms with Gasteiger partial charge in [-0.3, -0.25) is 0 Å². The van der Waals surface area contributed by atoms with E-state index in [2.05, 4.69) is 24.0 Å². The summed E-state index contributed by atoms with van der Waals surface area (Å²) in [6.07, 6.45) is 8.38. The highest BCUT2D eigenvalue weighted by atomic mass is 32.2. The number of rotatable bonds is 4. The number of hydrogen-bond donors (Lipinski definition) is 1. The van der Waals surface area contributed by atoms with Gasteiger partial charge in [0.15, 0.2) is 0 Å². The van der Waals surface area contributed by atoms with Gasteiger partial charge in [0.05, 0.1) is 5.03 Å². The highest BCUT2D eigenvalue weighted by Crippen LogP contribution is 2.35. The summed E-state index contributed by atoms with van der Waals surface area (Å²) in [5.41, 5.74) is 6.77. The molecule has 0 radical (unpaired) electrons. The largest absolute Gasteiger partial charge is 0.330 e. The highest BCUT2D eigenvalue weighted by molar-refractivity contribution is 7.99. The molecule has 2 atom stereocenters. The van der Waals surface area contributed by atoms with Gasteiger partial charge in [0.1, 0.15) is 0 Å².